The third-order valence-corrected chi connectivity index (χ3v) is 3.45. The molecule has 0 spiro atoms. The molecule has 0 aliphatic heterocycles. The summed E-state index contributed by atoms with van der Waals surface area (Å²) in [6.07, 6.45) is 2.22. The molecule has 0 radical (unpaired) electrons. The van der Waals surface area contributed by atoms with Crippen molar-refractivity contribution in [2.24, 2.45) is 0 Å². The van der Waals surface area contributed by atoms with Crippen LogP contribution in [0.15, 0.2) is 35.2 Å². The smallest absolute Gasteiger partial charge is 0.0783 e. The minimum absolute atomic E-state index is 0.0590. The van der Waals surface area contributed by atoms with Crippen LogP contribution in [-0.2, 0) is 4.74 Å². The summed E-state index contributed by atoms with van der Waals surface area (Å²) < 4.78 is 8.91. The Balaban J connectivity index is 2.34. The van der Waals surface area contributed by atoms with Gasteiger partial charge in [-0.3, -0.25) is 4.72 Å². The van der Waals surface area contributed by atoms with E-state index < -0.39 is 0 Å². The highest BCUT2D eigenvalue weighted by atomic mass is 32.2. The van der Waals surface area contributed by atoms with Crippen LogP contribution in [0.5, 0.6) is 0 Å². The zero-order valence-corrected chi connectivity index (χ0v) is 11.1. The third-order valence-electron chi connectivity index (χ3n) is 2.65. The zero-order chi connectivity index (χ0) is 11.9. The first kappa shape index (κ1) is 13.6. The highest BCUT2D eigenvalue weighted by Crippen LogP contribution is 2.19. The van der Waals surface area contributed by atoms with E-state index in [0.717, 1.165) is 19.4 Å². The quantitative estimate of drug-likeness (QED) is 0.736. The van der Waals surface area contributed by atoms with Gasteiger partial charge in [0.15, 0.2) is 0 Å². The van der Waals surface area contributed by atoms with Crippen molar-refractivity contribution in [3.63, 3.8) is 0 Å². The Morgan fingerprint density at radius 2 is 2.00 bits per heavy atom. The Bertz CT molecular complexity index is 291. The molecular weight excluding hydrogens is 218 g/mol. The van der Waals surface area contributed by atoms with E-state index in [1.165, 1.54) is 4.90 Å². The minimum Gasteiger partial charge on any atom is -0.377 e. The van der Waals surface area contributed by atoms with Crippen molar-refractivity contribution in [2.45, 2.75) is 37.2 Å². The van der Waals surface area contributed by atoms with Crippen molar-refractivity contribution >= 4 is 11.9 Å². The molecule has 1 atom stereocenters. The highest BCUT2D eigenvalue weighted by molar-refractivity contribution is 7.97. The van der Waals surface area contributed by atoms with Crippen molar-refractivity contribution in [2.75, 3.05) is 13.7 Å². The number of ether oxygens (including phenoxy) is 1. The van der Waals surface area contributed by atoms with Crippen LogP contribution in [0.1, 0.15) is 26.7 Å². The first-order chi connectivity index (χ1) is 7.70. The van der Waals surface area contributed by atoms with Gasteiger partial charge in [0.05, 0.1) is 5.60 Å². The van der Waals surface area contributed by atoms with E-state index in [9.17, 15) is 0 Å². The zero-order valence-electron chi connectivity index (χ0n) is 10.3. The molecule has 1 aromatic rings. The van der Waals surface area contributed by atoms with E-state index in [1.807, 2.05) is 18.2 Å². The van der Waals surface area contributed by atoms with Gasteiger partial charge in [0.25, 0.3) is 0 Å². The molecule has 1 aromatic carbocycles. The van der Waals surface area contributed by atoms with E-state index in [2.05, 4.69) is 30.7 Å². The topological polar surface area (TPSA) is 21.3 Å². The van der Waals surface area contributed by atoms with Gasteiger partial charge in [0, 0.05) is 18.6 Å². The highest BCUT2D eigenvalue weighted by Gasteiger charge is 2.21. The van der Waals surface area contributed by atoms with Crippen molar-refractivity contribution in [1.82, 2.24) is 4.72 Å². The molecule has 0 aliphatic carbocycles. The second-order valence-electron chi connectivity index (χ2n) is 4.14. The van der Waals surface area contributed by atoms with Crippen LogP contribution in [0.2, 0.25) is 0 Å². The summed E-state index contributed by atoms with van der Waals surface area (Å²) in [7, 11) is 1.78. The van der Waals surface area contributed by atoms with E-state index >= 15 is 0 Å². The van der Waals surface area contributed by atoms with E-state index in [4.69, 9.17) is 4.74 Å². The first-order valence-corrected chi connectivity index (χ1v) is 6.52. The summed E-state index contributed by atoms with van der Waals surface area (Å²) in [5.74, 6) is 0. The minimum atomic E-state index is -0.0590. The standard InChI is InChI=1S/C13H21NOS/c1-4-10-13(2,15-3)11-14-16-12-8-6-5-7-9-12/h5-9,14H,4,10-11H2,1-3H3/t13-/m0/s1. The fraction of sp³-hybridized carbons (Fsp3) is 0.538. The van der Waals surface area contributed by atoms with Gasteiger partial charge in [-0.25, -0.2) is 0 Å². The molecule has 90 valence electrons. The predicted octanol–water partition coefficient (Wildman–Crippen LogP) is 3.49. The van der Waals surface area contributed by atoms with Crippen LogP contribution >= 0.6 is 11.9 Å². The van der Waals surface area contributed by atoms with Crippen LogP contribution in [0.4, 0.5) is 0 Å². The molecule has 0 aliphatic rings. The number of hydrogen-bond acceptors (Lipinski definition) is 3. The number of rotatable bonds is 7. The van der Waals surface area contributed by atoms with E-state index in [-0.39, 0.29) is 5.60 Å². The molecule has 0 heterocycles. The molecule has 16 heavy (non-hydrogen) atoms. The lowest BCUT2D eigenvalue weighted by Gasteiger charge is -2.27. The molecule has 0 aromatic heterocycles. The molecule has 0 unspecified atom stereocenters. The lowest BCUT2D eigenvalue weighted by molar-refractivity contribution is 0.00378. The molecule has 0 bridgehead atoms. The number of hydrogen-bond donors (Lipinski definition) is 1. The molecule has 0 saturated heterocycles. The molecule has 3 heteroatoms. The summed E-state index contributed by atoms with van der Waals surface area (Å²) >= 11 is 1.66. The average molecular weight is 239 g/mol. The van der Waals surface area contributed by atoms with E-state index in [0.29, 0.717) is 0 Å². The van der Waals surface area contributed by atoms with Crippen molar-refractivity contribution in [3.8, 4) is 0 Å². The van der Waals surface area contributed by atoms with E-state index in [1.54, 1.807) is 19.1 Å². The van der Waals surface area contributed by atoms with Gasteiger partial charge in [-0.2, -0.15) is 0 Å². The lowest BCUT2D eigenvalue weighted by atomic mass is 10.0. The average Bonchev–Trinajstić information content (AvgIpc) is 2.31. The van der Waals surface area contributed by atoms with Crippen LogP contribution < -0.4 is 4.72 Å². The normalized spacial score (nSPS) is 14.7. The van der Waals surface area contributed by atoms with Crippen LogP contribution in [0.25, 0.3) is 0 Å². The first-order valence-electron chi connectivity index (χ1n) is 5.70. The van der Waals surface area contributed by atoms with Gasteiger partial charge >= 0.3 is 0 Å². The molecule has 0 saturated carbocycles. The van der Waals surface area contributed by atoms with Gasteiger partial charge in [0.2, 0.25) is 0 Å². The molecule has 1 N–H and O–H groups in total. The Morgan fingerprint density at radius 3 is 2.56 bits per heavy atom. The summed E-state index contributed by atoms with van der Waals surface area (Å²) in [4.78, 5) is 1.23. The maximum atomic E-state index is 5.54. The number of benzene rings is 1. The summed E-state index contributed by atoms with van der Waals surface area (Å²) in [5.41, 5.74) is -0.0590. The second-order valence-corrected chi connectivity index (χ2v) is 5.10. The largest absolute Gasteiger partial charge is 0.377 e. The molecule has 2 nitrogen and oxygen atoms in total. The monoisotopic (exact) mass is 239 g/mol. The van der Waals surface area contributed by atoms with Crippen LogP contribution in [-0.4, -0.2) is 19.3 Å². The molecule has 1 rings (SSSR count). The fourth-order valence-corrected chi connectivity index (χ4v) is 2.39. The van der Waals surface area contributed by atoms with Gasteiger partial charge < -0.3 is 4.74 Å². The third kappa shape index (κ3) is 4.56. The van der Waals surface area contributed by atoms with Gasteiger partial charge in [-0.05, 0) is 37.4 Å². The van der Waals surface area contributed by atoms with Crippen LogP contribution in [0, 0.1) is 0 Å². The lowest BCUT2D eigenvalue weighted by Crippen LogP contribution is -2.37. The molecule has 0 fully saturated rings. The Morgan fingerprint density at radius 1 is 1.31 bits per heavy atom. The number of nitrogens with one attached hydrogen (secondary N) is 1. The molecule has 0 amide bonds. The number of methoxy groups -OCH3 is 1. The van der Waals surface area contributed by atoms with Gasteiger partial charge in [-0.15, -0.1) is 0 Å². The maximum absolute atomic E-state index is 5.54. The fourth-order valence-electron chi connectivity index (χ4n) is 1.55. The summed E-state index contributed by atoms with van der Waals surface area (Å²) in [6.45, 7) is 5.19. The Labute approximate surface area is 103 Å². The SMILES string of the molecule is CCC[C@@](C)(CNSc1ccccc1)OC. The van der Waals surface area contributed by atoms with Gasteiger partial charge in [-0.1, -0.05) is 31.5 Å². The Hall–Kier alpha value is -0.510. The van der Waals surface area contributed by atoms with Crippen LogP contribution in [0.3, 0.4) is 0 Å². The van der Waals surface area contributed by atoms with Crippen molar-refractivity contribution < 1.29 is 4.74 Å². The van der Waals surface area contributed by atoms with Crippen molar-refractivity contribution in [3.05, 3.63) is 30.3 Å². The predicted molar refractivity (Wildman–Crippen MR) is 70.6 cm³/mol. The molecular formula is C13H21NOS. The second kappa shape index (κ2) is 6.94. The summed E-state index contributed by atoms with van der Waals surface area (Å²) in [6, 6.07) is 10.3. The maximum Gasteiger partial charge on any atom is 0.0783 e. The van der Waals surface area contributed by atoms with Crippen molar-refractivity contribution in [1.29, 1.82) is 0 Å². The van der Waals surface area contributed by atoms with Gasteiger partial charge in [0.1, 0.15) is 0 Å². The summed E-state index contributed by atoms with van der Waals surface area (Å²) in [5, 5.41) is 0. The Kier molecular flexibility index (Phi) is 5.88.